The van der Waals surface area contributed by atoms with Crippen molar-refractivity contribution in [3.63, 3.8) is 0 Å². The van der Waals surface area contributed by atoms with Crippen LogP contribution in [0.25, 0.3) is 10.2 Å². The van der Waals surface area contributed by atoms with Gasteiger partial charge in [-0.15, -0.1) is 11.3 Å². The molecule has 1 aromatic heterocycles. The lowest BCUT2D eigenvalue weighted by Gasteiger charge is -1.94. The third-order valence-electron chi connectivity index (χ3n) is 1.81. The molecular formula is C8H7NO3S3. The van der Waals surface area contributed by atoms with Crippen molar-refractivity contribution >= 4 is 43.4 Å². The van der Waals surface area contributed by atoms with E-state index in [1.54, 1.807) is 6.07 Å². The molecule has 0 spiro atoms. The quantitative estimate of drug-likeness (QED) is 0.663. The van der Waals surface area contributed by atoms with Gasteiger partial charge in [-0.25, -0.2) is 4.98 Å². The summed E-state index contributed by atoms with van der Waals surface area (Å²) < 4.78 is 32.4. The van der Waals surface area contributed by atoms with Gasteiger partial charge in [0, 0.05) is 0 Å². The van der Waals surface area contributed by atoms with Crippen LogP contribution in [0.4, 0.5) is 0 Å². The topological polar surface area (TPSA) is 67.3 Å². The zero-order valence-electron chi connectivity index (χ0n) is 7.67. The summed E-state index contributed by atoms with van der Waals surface area (Å²) in [5.74, 6) is 0. The van der Waals surface area contributed by atoms with E-state index in [9.17, 15) is 8.42 Å². The van der Waals surface area contributed by atoms with Gasteiger partial charge in [0.05, 0.1) is 15.1 Å². The SMILES string of the molecule is CSc1nc2cc(S(=O)(=O)O)ccc2s1. The van der Waals surface area contributed by atoms with Crippen molar-refractivity contribution in [2.24, 2.45) is 0 Å². The minimum Gasteiger partial charge on any atom is -0.282 e. The van der Waals surface area contributed by atoms with Crippen molar-refractivity contribution in [3.05, 3.63) is 18.2 Å². The Labute approximate surface area is 95.1 Å². The Hall–Kier alpha value is -0.630. The monoisotopic (exact) mass is 261 g/mol. The van der Waals surface area contributed by atoms with Gasteiger partial charge in [0.2, 0.25) is 0 Å². The Bertz CT molecular complexity index is 603. The number of benzene rings is 1. The number of hydrogen-bond donors (Lipinski definition) is 1. The smallest absolute Gasteiger partial charge is 0.282 e. The lowest BCUT2D eigenvalue weighted by Crippen LogP contribution is -1.96. The zero-order valence-corrected chi connectivity index (χ0v) is 10.1. The van der Waals surface area contributed by atoms with Crippen LogP contribution in [0.1, 0.15) is 0 Å². The molecule has 0 saturated carbocycles. The number of hydrogen-bond acceptors (Lipinski definition) is 5. The second-order valence-corrected chi connectivity index (χ2v) is 6.29. The second-order valence-electron chi connectivity index (χ2n) is 2.79. The third kappa shape index (κ3) is 2.15. The van der Waals surface area contributed by atoms with Gasteiger partial charge in [-0.3, -0.25) is 4.55 Å². The van der Waals surface area contributed by atoms with Crippen LogP contribution in [-0.4, -0.2) is 24.2 Å². The first-order valence-corrected chi connectivity index (χ1v) is 7.41. The van der Waals surface area contributed by atoms with Crippen molar-refractivity contribution in [1.82, 2.24) is 4.98 Å². The van der Waals surface area contributed by atoms with Crippen LogP contribution in [0.3, 0.4) is 0 Å². The van der Waals surface area contributed by atoms with Crippen molar-refractivity contribution in [2.75, 3.05) is 6.26 Å². The van der Waals surface area contributed by atoms with E-state index in [4.69, 9.17) is 4.55 Å². The van der Waals surface area contributed by atoms with Crippen LogP contribution >= 0.6 is 23.1 Å². The van der Waals surface area contributed by atoms with Crippen LogP contribution in [0.15, 0.2) is 27.4 Å². The molecule has 0 aliphatic rings. The van der Waals surface area contributed by atoms with E-state index in [1.807, 2.05) is 6.26 Å². The Morgan fingerprint density at radius 1 is 1.47 bits per heavy atom. The second kappa shape index (κ2) is 3.75. The molecule has 0 fully saturated rings. The maximum absolute atomic E-state index is 10.9. The molecule has 2 rings (SSSR count). The van der Waals surface area contributed by atoms with E-state index in [-0.39, 0.29) is 4.90 Å². The molecule has 15 heavy (non-hydrogen) atoms. The molecule has 0 bridgehead atoms. The fourth-order valence-corrected chi connectivity index (χ4v) is 3.10. The lowest BCUT2D eigenvalue weighted by molar-refractivity contribution is 0.483. The summed E-state index contributed by atoms with van der Waals surface area (Å²) in [5, 5.41) is 0. The van der Waals surface area contributed by atoms with Gasteiger partial charge in [-0.05, 0) is 24.5 Å². The van der Waals surface area contributed by atoms with Gasteiger partial charge in [0.25, 0.3) is 10.1 Å². The molecule has 0 radical (unpaired) electrons. The molecule has 0 atom stereocenters. The molecule has 7 heteroatoms. The first-order valence-electron chi connectivity index (χ1n) is 3.93. The fraction of sp³-hybridized carbons (Fsp3) is 0.125. The van der Waals surface area contributed by atoms with Gasteiger partial charge < -0.3 is 0 Å². The van der Waals surface area contributed by atoms with E-state index in [1.165, 1.54) is 35.2 Å². The highest BCUT2D eigenvalue weighted by Gasteiger charge is 2.11. The molecule has 1 N–H and O–H groups in total. The molecule has 0 saturated heterocycles. The molecule has 0 amide bonds. The average Bonchev–Trinajstić information content (AvgIpc) is 2.57. The predicted molar refractivity (Wildman–Crippen MR) is 61.2 cm³/mol. The molecule has 4 nitrogen and oxygen atoms in total. The van der Waals surface area contributed by atoms with E-state index in [0.29, 0.717) is 5.52 Å². The van der Waals surface area contributed by atoms with Crippen LogP contribution in [0.5, 0.6) is 0 Å². The molecule has 0 unspecified atom stereocenters. The Morgan fingerprint density at radius 3 is 2.80 bits per heavy atom. The predicted octanol–water partition coefficient (Wildman–Crippen LogP) is 2.26. The number of fused-ring (bicyclic) bond motifs is 1. The van der Waals surface area contributed by atoms with E-state index < -0.39 is 10.1 Å². The lowest BCUT2D eigenvalue weighted by atomic mass is 10.3. The van der Waals surface area contributed by atoms with Crippen LogP contribution in [-0.2, 0) is 10.1 Å². The fourth-order valence-electron chi connectivity index (χ4n) is 1.13. The molecule has 1 heterocycles. The van der Waals surface area contributed by atoms with Crippen LogP contribution in [0, 0.1) is 0 Å². The minimum absolute atomic E-state index is 0.118. The summed E-state index contributed by atoms with van der Waals surface area (Å²) in [6.07, 6.45) is 1.90. The van der Waals surface area contributed by atoms with Gasteiger partial charge in [-0.1, -0.05) is 11.8 Å². The summed E-state index contributed by atoms with van der Waals surface area (Å²) in [4.78, 5) is 4.09. The highest BCUT2D eigenvalue weighted by atomic mass is 32.2. The normalized spacial score (nSPS) is 12.1. The highest BCUT2D eigenvalue weighted by molar-refractivity contribution is 8.00. The molecule has 2 aromatic rings. The first-order chi connectivity index (χ1) is 7.00. The number of aromatic nitrogens is 1. The zero-order chi connectivity index (χ0) is 11.1. The van der Waals surface area contributed by atoms with Crippen molar-refractivity contribution in [1.29, 1.82) is 0 Å². The van der Waals surface area contributed by atoms with Crippen molar-refractivity contribution < 1.29 is 13.0 Å². The maximum Gasteiger partial charge on any atom is 0.294 e. The maximum atomic E-state index is 10.9. The van der Waals surface area contributed by atoms with Crippen molar-refractivity contribution in [2.45, 2.75) is 9.24 Å². The van der Waals surface area contributed by atoms with Crippen molar-refractivity contribution in [3.8, 4) is 0 Å². The number of nitrogens with zero attached hydrogens (tertiary/aromatic N) is 1. The summed E-state index contributed by atoms with van der Waals surface area (Å²) in [6, 6.07) is 4.40. The standard InChI is InChI=1S/C8H7NO3S3/c1-13-8-9-6-4-5(15(10,11)12)2-3-7(6)14-8/h2-4H,1H3,(H,10,11,12). The van der Waals surface area contributed by atoms with Gasteiger partial charge in [0.1, 0.15) is 0 Å². The summed E-state index contributed by atoms with van der Waals surface area (Å²) in [5.41, 5.74) is 0.597. The summed E-state index contributed by atoms with van der Waals surface area (Å²) >= 11 is 3.00. The summed E-state index contributed by atoms with van der Waals surface area (Å²) in [7, 11) is -4.13. The van der Waals surface area contributed by atoms with Gasteiger partial charge in [-0.2, -0.15) is 8.42 Å². The molecular weight excluding hydrogens is 254 g/mol. The number of rotatable bonds is 2. The minimum atomic E-state index is -4.13. The Balaban J connectivity index is 2.66. The van der Waals surface area contributed by atoms with E-state index >= 15 is 0 Å². The number of thiazole rings is 1. The first kappa shape index (κ1) is 10.9. The van der Waals surface area contributed by atoms with Gasteiger partial charge in [0.15, 0.2) is 4.34 Å². The largest absolute Gasteiger partial charge is 0.294 e. The summed E-state index contributed by atoms with van der Waals surface area (Å²) in [6.45, 7) is 0. The molecule has 1 aromatic carbocycles. The Kier molecular flexibility index (Phi) is 2.72. The third-order valence-corrected chi connectivity index (χ3v) is 4.68. The van der Waals surface area contributed by atoms with Crippen LogP contribution < -0.4 is 0 Å². The highest BCUT2D eigenvalue weighted by Crippen LogP contribution is 2.29. The van der Waals surface area contributed by atoms with Crippen LogP contribution in [0.2, 0.25) is 0 Å². The average molecular weight is 261 g/mol. The van der Waals surface area contributed by atoms with E-state index in [0.717, 1.165) is 9.04 Å². The number of thioether (sulfide) groups is 1. The Morgan fingerprint density at radius 2 is 2.20 bits per heavy atom. The van der Waals surface area contributed by atoms with E-state index in [2.05, 4.69) is 4.98 Å². The van der Waals surface area contributed by atoms with Gasteiger partial charge >= 0.3 is 0 Å². The molecule has 0 aliphatic carbocycles. The molecule has 80 valence electrons. The molecule has 0 aliphatic heterocycles.